The zero-order valence-electron chi connectivity index (χ0n) is 19.5. The minimum absolute atomic E-state index is 0.0124. The number of nitrogens with one attached hydrogen (secondary N) is 1. The van der Waals surface area contributed by atoms with Crippen LogP contribution in [-0.2, 0) is 11.3 Å². The number of fused-ring (bicyclic) bond motifs is 1. The van der Waals surface area contributed by atoms with Crippen molar-refractivity contribution < 1.29 is 23.2 Å². The summed E-state index contributed by atoms with van der Waals surface area (Å²) in [5.74, 6) is -3.63. The lowest BCUT2D eigenvalue weighted by Crippen LogP contribution is -2.26. The number of carbonyl (C=O) groups excluding carboxylic acids is 3. The Hall–Kier alpha value is -5.11. The maximum absolute atomic E-state index is 13.6. The van der Waals surface area contributed by atoms with Crippen molar-refractivity contribution in [2.24, 2.45) is 5.73 Å². The molecule has 0 saturated heterocycles. The Morgan fingerprint density at radius 2 is 1.73 bits per heavy atom. The Morgan fingerprint density at radius 1 is 1.03 bits per heavy atom. The summed E-state index contributed by atoms with van der Waals surface area (Å²) in [6.45, 7) is 0.137. The van der Waals surface area contributed by atoms with E-state index in [4.69, 9.17) is 11.0 Å². The summed E-state index contributed by atoms with van der Waals surface area (Å²) in [6.07, 6.45) is -0.0124. The summed E-state index contributed by atoms with van der Waals surface area (Å²) < 4.78 is 28.5. The molecule has 0 saturated carbocycles. The van der Waals surface area contributed by atoms with E-state index in [0.29, 0.717) is 27.8 Å². The van der Waals surface area contributed by atoms with Gasteiger partial charge in [0.05, 0.1) is 22.7 Å². The Balaban J connectivity index is 1.67. The van der Waals surface area contributed by atoms with Crippen molar-refractivity contribution >= 4 is 40.4 Å². The molecule has 0 atom stereocenters. The summed E-state index contributed by atoms with van der Waals surface area (Å²) in [7, 11) is 1.47. The van der Waals surface area contributed by atoms with E-state index in [9.17, 15) is 23.2 Å². The number of halogens is 2. The first-order valence-electron chi connectivity index (χ1n) is 11.0. The smallest absolute Gasteiger partial charge is 0.258 e. The lowest BCUT2D eigenvalue weighted by molar-refractivity contribution is -0.118. The lowest BCUT2D eigenvalue weighted by Gasteiger charge is -2.17. The Kier molecular flexibility index (Phi) is 6.92. The van der Waals surface area contributed by atoms with Gasteiger partial charge in [-0.05, 0) is 60.7 Å². The number of nitrogens with two attached hydrogens (primary N) is 1. The molecule has 4 aromatic rings. The van der Waals surface area contributed by atoms with Gasteiger partial charge in [0.15, 0.2) is 11.6 Å². The predicted octanol–water partition coefficient (Wildman–Crippen LogP) is 3.59. The van der Waals surface area contributed by atoms with Crippen LogP contribution in [0.3, 0.4) is 0 Å². The summed E-state index contributed by atoms with van der Waals surface area (Å²) in [6, 6.07) is 15.8. The number of hydrogen-bond acceptors (Lipinski definition) is 5. The normalized spacial score (nSPS) is 10.6. The highest BCUT2D eigenvalue weighted by atomic mass is 19.2. The summed E-state index contributed by atoms with van der Waals surface area (Å²) in [5, 5.41) is 11.7. The van der Waals surface area contributed by atoms with Crippen LogP contribution in [0, 0.1) is 23.0 Å². The average Bonchev–Trinajstić information content (AvgIpc) is 3.24. The van der Waals surface area contributed by atoms with Crippen LogP contribution in [-0.4, -0.2) is 34.3 Å². The predicted molar refractivity (Wildman–Crippen MR) is 132 cm³/mol. The first-order chi connectivity index (χ1) is 17.7. The monoisotopic (exact) mass is 502 g/mol. The SMILES string of the molecule is CN(C(=O)c1ccc(F)c(F)c1)c1ccc2c(c1)nc(NC(=O)c1ccc(C#N)cc1)n2CCC(N)=O. The van der Waals surface area contributed by atoms with E-state index in [0.717, 1.165) is 12.1 Å². The standard InChI is InChI=1S/C26H20F2N6O3/c1-33(25(37)17-6-8-19(27)20(28)12-17)18-7-9-22-21(13-18)31-26(34(22)11-10-23(30)35)32-24(36)16-4-2-15(14-29)3-5-16/h2-9,12-13H,10-11H2,1H3,(H2,30,35)(H,31,32,36). The molecule has 0 aliphatic rings. The molecule has 3 amide bonds. The van der Waals surface area contributed by atoms with Gasteiger partial charge in [0.2, 0.25) is 11.9 Å². The molecule has 1 aromatic heterocycles. The number of nitrogens with zero attached hydrogens (tertiary/aromatic N) is 4. The molecular weight excluding hydrogens is 482 g/mol. The summed E-state index contributed by atoms with van der Waals surface area (Å²) in [4.78, 5) is 42.8. The highest BCUT2D eigenvalue weighted by Crippen LogP contribution is 2.26. The summed E-state index contributed by atoms with van der Waals surface area (Å²) in [5.41, 5.74) is 7.35. The number of imidazole rings is 1. The van der Waals surface area contributed by atoms with Crippen LogP contribution < -0.4 is 16.0 Å². The van der Waals surface area contributed by atoms with Gasteiger partial charge in [-0.15, -0.1) is 0 Å². The molecule has 1 heterocycles. The molecule has 0 aliphatic carbocycles. The molecule has 9 nitrogen and oxygen atoms in total. The molecule has 186 valence electrons. The molecule has 0 spiro atoms. The fourth-order valence-electron chi connectivity index (χ4n) is 3.68. The molecule has 3 N–H and O–H groups in total. The lowest BCUT2D eigenvalue weighted by atomic mass is 10.1. The van der Waals surface area contributed by atoms with Crippen LogP contribution in [0.2, 0.25) is 0 Å². The van der Waals surface area contributed by atoms with Crippen LogP contribution in [0.4, 0.5) is 20.4 Å². The second-order valence-electron chi connectivity index (χ2n) is 8.11. The van der Waals surface area contributed by atoms with Crippen LogP contribution in [0.1, 0.15) is 32.7 Å². The zero-order chi connectivity index (χ0) is 26.7. The third-order valence-corrected chi connectivity index (χ3v) is 5.67. The van der Waals surface area contributed by atoms with E-state index in [1.807, 2.05) is 6.07 Å². The second-order valence-corrected chi connectivity index (χ2v) is 8.11. The van der Waals surface area contributed by atoms with Crippen LogP contribution >= 0.6 is 0 Å². The molecule has 4 rings (SSSR count). The van der Waals surface area contributed by atoms with Gasteiger partial charge in [-0.1, -0.05) is 0 Å². The van der Waals surface area contributed by atoms with E-state index >= 15 is 0 Å². The number of anilines is 2. The van der Waals surface area contributed by atoms with Gasteiger partial charge in [0.25, 0.3) is 11.8 Å². The van der Waals surface area contributed by atoms with E-state index < -0.39 is 29.4 Å². The average molecular weight is 502 g/mol. The first kappa shape index (κ1) is 25.0. The number of aromatic nitrogens is 2. The number of aryl methyl sites for hydroxylation is 1. The van der Waals surface area contributed by atoms with Crippen molar-refractivity contribution in [1.82, 2.24) is 9.55 Å². The van der Waals surface area contributed by atoms with Crippen molar-refractivity contribution in [2.45, 2.75) is 13.0 Å². The quantitative estimate of drug-likeness (QED) is 0.398. The Bertz CT molecular complexity index is 1570. The van der Waals surface area contributed by atoms with E-state index in [-0.39, 0.29) is 24.5 Å². The van der Waals surface area contributed by atoms with E-state index in [1.54, 1.807) is 22.8 Å². The van der Waals surface area contributed by atoms with Crippen molar-refractivity contribution in [1.29, 1.82) is 5.26 Å². The van der Waals surface area contributed by atoms with Gasteiger partial charge < -0.3 is 15.2 Å². The van der Waals surface area contributed by atoms with Gasteiger partial charge in [-0.3, -0.25) is 19.7 Å². The molecular formula is C26H20F2N6O3. The first-order valence-corrected chi connectivity index (χ1v) is 11.0. The summed E-state index contributed by atoms with van der Waals surface area (Å²) >= 11 is 0. The highest BCUT2D eigenvalue weighted by Gasteiger charge is 2.19. The minimum atomic E-state index is -1.13. The van der Waals surface area contributed by atoms with Gasteiger partial charge in [-0.25, -0.2) is 13.8 Å². The maximum atomic E-state index is 13.6. The fourth-order valence-corrected chi connectivity index (χ4v) is 3.68. The zero-order valence-corrected chi connectivity index (χ0v) is 19.5. The molecule has 0 fully saturated rings. The van der Waals surface area contributed by atoms with Crippen molar-refractivity contribution in [3.8, 4) is 6.07 Å². The molecule has 0 aliphatic heterocycles. The third kappa shape index (κ3) is 5.28. The van der Waals surface area contributed by atoms with Crippen LogP contribution in [0.5, 0.6) is 0 Å². The maximum Gasteiger partial charge on any atom is 0.258 e. The van der Waals surface area contributed by atoms with Crippen molar-refractivity contribution in [2.75, 3.05) is 17.3 Å². The van der Waals surface area contributed by atoms with Gasteiger partial charge >= 0.3 is 0 Å². The minimum Gasteiger partial charge on any atom is -0.370 e. The molecule has 0 radical (unpaired) electrons. The van der Waals surface area contributed by atoms with Crippen molar-refractivity contribution in [3.63, 3.8) is 0 Å². The number of carbonyl (C=O) groups is 3. The van der Waals surface area contributed by atoms with Crippen LogP contribution in [0.25, 0.3) is 11.0 Å². The largest absolute Gasteiger partial charge is 0.370 e. The number of primary amides is 1. The highest BCUT2D eigenvalue weighted by molar-refractivity contribution is 6.07. The molecule has 0 unspecified atom stereocenters. The van der Waals surface area contributed by atoms with E-state index in [1.165, 1.54) is 42.3 Å². The Morgan fingerprint density at radius 3 is 2.38 bits per heavy atom. The second kappa shape index (κ2) is 10.2. The topological polar surface area (TPSA) is 134 Å². The fraction of sp³-hybridized carbons (Fsp3) is 0.115. The number of nitriles is 1. The third-order valence-electron chi connectivity index (χ3n) is 5.67. The number of amides is 3. The molecule has 0 bridgehead atoms. The van der Waals surface area contributed by atoms with Crippen LogP contribution in [0.15, 0.2) is 60.7 Å². The molecule has 37 heavy (non-hydrogen) atoms. The molecule has 11 heteroatoms. The van der Waals surface area contributed by atoms with E-state index in [2.05, 4.69) is 10.3 Å². The Labute approximate surface area is 209 Å². The van der Waals surface area contributed by atoms with Gasteiger partial charge in [0.1, 0.15) is 0 Å². The van der Waals surface area contributed by atoms with Crippen molar-refractivity contribution in [3.05, 3.63) is 89.0 Å². The van der Waals surface area contributed by atoms with Gasteiger partial charge in [0, 0.05) is 36.8 Å². The number of rotatable bonds is 7. The molecule has 3 aromatic carbocycles. The number of benzene rings is 3. The van der Waals surface area contributed by atoms with Gasteiger partial charge in [-0.2, -0.15) is 5.26 Å². The number of hydrogen-bond donors (Lipinski definition) is 2.